The largest absolute Gasteiger partial charge is 0.464 e. The third kappa shape index (κ3) is 4.81. The van der Waals surface area contributed by atoms with E-state index in [1.54, 1.807) is 0 Å². The van der Waals surface area contributed by atoms with Crippen LogP contribution in [0.4, 0.5) is 5.13 Å². The van der Waals surface area contributed by atoms with Crippen LogP contribution in [-0.2, 0) is 4.74 Å². The molecule has 0 bridgehead atoms. The minimum Gasteiger partial charge on any atom is -0.464 e. The van der Waals surface area contributed by atoms with Crippen molar-refractivity contribution in [1.82, 2.24) is 4.98 Å². The lowest BCUT2D eigenvalue weighted by molar-refractivity contribution is 0.0591. The van der Waals surface area contributed by atoms with E-state index < -0.39 is 5.97 Å². The summed E-state index contributed by atoms with van der Waals surface area (Å²) in [5, 5.41) is 0.711. The van der Waals surface area contributed by atoms with Gasteiger partial charge >= 0.3 is 5.97 Å². The molecule has 0 saturated heterocycles. The lowest BCUT2D eigenvalue weighted by Crippen LogP contribution is -2.31. The highest BCUT2D eigenvalue weighted by atomic mass is 32.1. The third-order valence-corrected chi connectivity index (χ3v) is 3.97. The molecule has 0 aromatic carbocycles. The SMILES string of the molecule is COC(=O)c1nc(N(CC(C)C)CC(C)C)sc1C(C)=O. The van der Waals surface area contributed by atoms with Crippen molar-refractivity contribution in [2.45, 2.75) is 34.6 Å². The van der Waals surface area contributed by atoms with E-state index in [1.165, 1.54) is 25.4 Å². The van der Waals surface area contributed by atoms with Crippen LogP contribution < -0.4 is 4.90 Å². The Bertz CT molecular complexity index is 499. The number of ether oxygens (including phenoxy) is 1. The molecule has 0 unspecified atom stereocenters. The Balaban J connectivity index is 3.19. The van der Waals surface area contributed by atoms with Gasteiger partial charge in [-0.3, -0.25) is 4.79 Å². The summed E-state index contributed by atoms with van der Waals surface area (Å²) in [4.78, 5) is 30.3. The number of ketones is 1. The van der Waals surface area contributed by atoms with Crippen molar-refractivity contribution in [1.29, 1.82) is 0 Å². The number of carbonyl (C=O) groups excluding carboxylic acids is 2. The van der Waals surface area contributed by atoms with Gasteiger partial charge in [-0.25, -0.2) is 9.78 Å². The van der Waals surface area contributed by atoms with Gasteiger partial charge in [0.2, 0.25) is 0 Å². The molecule has 1 heterocycles. The van der Waals surface area contributed by atoms with Crippen molar-refractivity contribution >= 4 is 28.2 Å². The Morgan fingerprint density at radius 3 is 2.10 bits per heavy atom. The maximum atomic E-state index is 11.8. The number of nitrogens with zero attached hydrogens (tertiary/aromatic N) is 2. The molecule has 0 atom stereocenters. The molecule has 118 valence electrons. The molecule has 0 aliphatic heterocycles. The molecule has 1 aromatic rings. The van der Waals surface area contributed by atoms with Gasteiger partial charge in [0.1, 0.15) is 4.88 Å². The molecule has 5 nitrogen and oxygen atoms in total. The number of Topliss-reactive ketones (excluding diaryl/α,β-unsaturated/α-hetero) is 1. The summed E-state index contributed by atoms with van der Waals surface area (Å²) < 4.78 is 4.72. The maximum Gasteiger partial charge on any atom is 0.358 e. The molecule has 0 radical (unpaired) electrons. The van der Waals surface area contributed by atoms with Crippen LogP contribution in [0.2, 0.25) is 0 Å². The third-order valence-electron chi connectivity index (χ3n) is 2.76. The van der Waals surface area contributed by atoms with Crippen molar-refractivity contribution in [3.8, 4) is 0 Å². The molecule has 0 saturated carbocycles. The number of rotatable bonds is 7. The number of hydrogen-bond acceptors (Lipinski definition) is 6. The fraction of sp³-hybridized carbons (Fsp3) is 0.667. The molecule has 6 heteroatoms. The zero-order chi connectivity index (χ0) is 16.2. The molecule has 0 aliphatic rings. The number of thiazole rings is 1. The second kappa shape index (κ2) is 7.54. The van der Waals surface area contributed by atoms with E-state index in [2.05, 4.69) is 37.6 Å². The molecule has 1 rings (SSSR count). The predicted octanol–water partition coefficient (Wildman–Crippen LogP) is 3.25. The molecule has 0 amide bonds. The summed E-state index contributed by atoms with van der Waals surface area (Å²) in [6, 6.07) is 0. The Morgan fingerprint density at radius 1 is 1.19 bits per heavy atom. The first-order valence-electron chi connectivity index (χ1n) is 7.11. The fourth-order valence-electron chi connectivity index (χ4n) is 2.03. The summed E-state index contributed by atoms with van der Waals surface area (Å²) in [7, 11) is 1.30. The molecule has 0 N–H and O–H groups in total. The van der Waals surface area contributed by atoms with E-state index in [0.717, 1.165) is 13.1 Å². The second-order valence-corrected chi connectivity index (χ2v) is 6.89. The first kappa shape index (κ1) is 17.6. The number of methoxy groups -OCH3 is 1. The molecular formula is C15H24N2O3S. The van der Waals surface area contributed by atoms with Gasteiger partial charge in [-0.05, 0) is 11.8 Å². The summed E-state index contributed by atoms with van der Waals surface area (Å²) in [6.45, 7) is 11.6. The Kier molecular flexibility index (Phi) is 6.33. The van der Waals surface area contributed by atoms with Gasteiger partial charge in [-0.2, -0.15) is 0 Å². The topological polar surface area (TPSA) is 59.5 Å². The first-order chi connectivity index (χ1) is 9.76. The Hall–Kier alpha value is -1.43. The molecule has 1 aromatic heterocycles. The average Bonchev–Trinajstić information content (AvgIpc) is 2.81. The van der Waals surface area contributed by atoms with Crippen molar-refractivity contribution in [3.63, 3.8) is 0 Å². The lowest BCUT2D eigenvalue weighted by Gasteiger charge is -2.25. The van der Waals surface area contributed by atoms with Crippen LogP contribution in [0.5, 0.6) is 0 Å². The van der Waals surface area contributed by atoms with Gasteiger partial charge in [0.05, 0.1) is 7.11 Å². The average molecular weight is 312 g/mol. The van der Waals surface area contributed by atoms with Crippen LogP contribution >= 0.6 is 11.3 Å². The summed E-state index contributed by atoms with van der Waals surface area (Å²) in [6.07, 6.45) is 0. The lowest BCUT2D eigenvalue weighted by atomic mass is 10.1. The summed E-state index contributed by atoms with van der Waals surface area (Å²) in [5.74, 6) is 0.218. The van der Waals surface area contributed by atoms with Crippen molar-refractivity contribution in [3.05, 3.63) is 10.6 Å². The van der Waals surface area contributed by atoms with E-state index in [-0.39, 0.29) is 11.5 Å². The zero-order valence-electron chi connectivity index (χ0n) is 13.6. The highest BCUT2D eigenvalue weighted by Gasteiger charge is 2.24. The van der Waals surface area contributed by atoms with Gasteiger partial charge in [0.25, 0.3) is 0 Å². The number of aromatic nitrogens is 1. The van der Waals surface area contributed by atoms with Crippen LogP contribution in [0.15, 0.2) is 0 Å². The van der Waals surface area contributed by atoms with Crippen LogP contribution in [0.25, 0.3) is 0 Å². The van der Waals surface area contributed by atoms with Gasteiger partial charge in [-0.1, -0.05) is 39.0 Å². The highest BCUT2D eigenvalue weighted by Crippen LogP contribution is 2.28. The molecular weight excluding hydrogens is 288 g/mol. The smallest absolute Gasteiger partial charge is 0.358 e. The number of esters is 1. The van der Waals surface area contributed by atoms with Crippen molar-refractivity contribution < 1.29 is 14.3 Å². The van der Waals surface area contributed by atoms with E-state index in [9.17, 15) is 9.59 Å². The van der Waals surface area contributed by atoms with Crippen molar-refractivity contribution in [2.24, 2.45) is 11.8 Å². The Morgan fingerprint density at radius 2 is 1.71 bits per heavy atom. The van der Waals surface area contributed by atoms with E-state index in [0.29, 0.717) is 21.8 Å². The molecule has 21 heavy (non-hydrogen) atoms. The Labute approximate surface area is 130 Å². The monoisotopic (exact) mass is 312 g/mol. The number of hydrogen-bond donors (Lipinski definition) is 0. The van der Waals surface area contributed by atoms with Gasteiger partial charge in [0.15, 0.2) is 16.6 Å². The normalized spacial score (nSPS) is 11.0. The van der Waals surface area contributed by atoms with Gasteiger partial charge in [-0.15, -0.1) is 0 Å². The predicted molar refractivity (Wildman–Crippen MR) is 85.3 cm³/mol. The van der Waals surface area contributed by atoms with Gasteiger partial charge in [0, 0.05) is 20.0 Å². The molecule has 0 aliphatic carbocycles. The van der Waals surface area contributed by atoms with Crippen molar-refractivity contribution in [2.75, 3.05) is 25.1 Å². The molecule has 0 fully saturated rings. The second-order valence-electron chi connectivity index (χ2n) is 5.91. The standard InChI is InChI=1S/C15H24N2O3S/c1-9(2)7-17(8-10(3)4)15-16-12(14(19)20-6)13(21-15)11(5)18/h9-10H,7-8H2,1-6H3. The van der Waals surface area contributed by atoms with Gasteiger partial charge < -0.3 is 9.64 Å². The molecule has 0 spiro atoms. The highest BCUT2D eigenvalue weighted by molar-refractivity contribution is 7.17. The van der Waals surface area contributed by atoms with E-state index in [1.807, 2.05) is 0 Å². The summed E-state index contributed by atoms with van der Waals surface area (Å²) >= 11 is 1.27. The van der Waals surface area contributed by atoms with E-state index in [4.69, 9.17) is 4.74 Å². The van der Waals surface area contributed by atoms with Crippen LogP contribution in [0, 0.1) is 11.8 Å². The first-order valence-corrected chi connectivity index (χ1v) is 7.92. The minimum atomic E-state index is -0.559. The van der Waals surface area contributed by atoms with E-state index >= 15 is 0 Å². The zero-order valence-corrected chi connectivity index (χ0v) is 14.4. The van der Waals surface area contributed by atoms with Crippen LogP contribution in [-0.4, -0.2) is 36.9 Å². The fourth-order valence-corrected chi connectivity index (χ4v) is 3.00. The van der Waals surface area contributed by atoms with Crippen LogP contribution in [0.3, 0.4) is 0 Å². The minimum absolute atomic E-state index is 0.127. The van der Waals surface area contributed by atoms with Crippen LogP contribution in [0.1, 0.15) is 54.8 Å². The maximum absolute atomic E-state index is 11.8. The number of carbonyl (C=O) groups is 2. The summed E-state index contributed by atoms with van der Waals surface area (Å²) in [5.41, 5.74) is 0.127. The number of anilines is 1. The quantitative estimate of drug-likeness (QED) is 0.571.